The van der Waals surface area contributed by atoms with Crippen molar-refractivity contribution in [1.29, 1.82) is 5.26 Å². The topological polar surface area (TPSA) is 83.2 Å². The maximum Gasteiger partial charge on any atom is 0.309 e. The van der Waals surface area contributed by atoms with Crippen molar-refractivity contribution in [2.24, 2.45) is 0 Å². The van der Waals surface area contributed by atoms with E-state index in [0.29, 0.717) is 0 Å². The summed E-state index contributed by atoms with van der Waals surface area (Å²) < 4.78 is 29.8. The number of carboxylic acids is 1. The van der Waals surface area contributed by atoms with Crippen LogP contribution in [0, 0.1) is 11.3 Å². The SMILES string of the molecule is COc1c(C#N)cc(C(F)F)nc1CC(=O)O. The van der Waals surface area contributed by atoms with Crippen LogP contribution in [0.15, 0.2) is 6.07 Å². The number of carboxylic acid groups (broad SMARTS) is 1. The number of aromatic nitrogens is 1. The quantitative estimate of drug-likeness (QED) is 0.865. The number of alkyl halides is 2. The maximum atomic E-state index is 12.5. The van der Waals surface area contributed by atoms with Gasteiger partial charge in [-0.25, -0.2) is 13.8 Å². The summed E-state index contributed by atoms with van der Waals surface area (Å²) in [5.41, 5.74) is -0.984. The first kappa shape index (κ1) is 12.8. The van der Waals surface area contributed by atoms with E-state index in [1.807, 2.05) is 0 Å². The number of ether oxygens (including phenoxy) is 1. The van der Waals surface area contributed by atoms with Crippen LogP contribution in [0.5, 0.6) is 5.75 Å². The lowest BCUT2D eigenvalue weighted by molar-refractivity contribution is -0.136. The van der Waals surface area contributed by atoms with Crippen LogP contribution >= 0.6 is 0 Å². The average molecular weight is 242 g/mol. The summed E-state index contributed by atoms with van der Waals surface area (Å²) in [4.78, 5) is 14.0. The van der Waals surface area contributed by atoms with Crippen LogP contribution < -0.4 is 4.74 Å². The molecule has 0 fully saturated rings. The normalized spacial score (nSPS) is 10.1. The number of aliphatic carboxylic acids is 1. The van der Waals surface area contributed by atoms with Crippen molar-refractivity contribution in [2.45, 2.75) is 12.8 Å². The third-order valence-corrected chi connectivity index (χ3v) is 1.93. The van der Waals surface area contributed by atoms with E-state index in [-0.39, 0.29) is 17.0 Å². The van der Waals surface area contributed by atoms with Crippen LogP contribution in [0.4, 0.5) is 8.78 Å². The predicted molar refractivity (Wildman–Crippen MR) is 51.8 cm³/mol. The number of hydrogen-bond donors (Lipinski definition) is 1. The van der Waals surface area contributed by atoms with Crippen molar-refractivity contribution >= 4 is 5.97 Å². The fraction of sp³-hybridized carbons (Fsp3) is 0.300. The minimum absolute atomic E-state index is 0.0840. The molecular formula is C10H8F2N2O3. The zero-order chi connectivity index (χ0) is 13.0. The second kappa shape index (κ2) is 5.21. The molecule has 0 aliphatic rings. The molecule has 0 aromatic carbocycles. The molecule has 1 heterocycles. The molecule has 0 amide bonds. The van der Waals surface area contributed by atoms with E-state index < -0.39 is 24.5 Å². The minimum Gasteiger partial charge on any atom is -0.493 e. The Balaban J connectivity index is 3.38. The number of halogens is 2. The van der Waals surface area contributed by atoms with Crippen LogP contribution in [0.1, 0.15) is 23.4 Å². The van der Waals surface area contributed by atoms with Gasteiger partial charge in [0.15, 0.2) is 5.75 Å². The van der Waals surface area contributed by atoms with Crippen LogP contribution in [0.2, 0.25) is 0 Å². The lowest BCUT2D eigenvalue weighted by Gasteiger charge is -2.10. The molecule has 90 valence electrons. The summed E-state index contributed by atoms with van der Waals surface area (Å²) >= 11 is 0. The summed E-state index contributed by atoms with van der Waals surface area (Å²) in [5, 5.41) is 17.4. The fourth-order valence-corrected chi connectivity index (χ4v) is 1.29. The lowest BCUT2D eigenvalue weighted by atomic mass is 10.1. The molecule has 0 saturated carbocycles. The van der Waals surface area contributed by atoms with E-state index in [1.54, 1.807) is 6.07 Å². The lowest BCUT2D eigenvalue weighted by Crippen LogP contribution is -2.08. The van der Waals surface area contributed by atoms with Crippen LogP contribution in [0.25, 0.3) is 0 Å². The van der Waals surface area contributed by atoms with Crippen molar-refractivity contribution in [3.63, 3.8) is 0 Å². The molecule has 0 radical (unpaired) electrons. The molecule has 0 saturated heterocycles. The van der Waals surface area contributed by atoms with Gasteiger partial charge in [0.2, 0.25) is 0 Å². The van der Waals surface area contributed by atoms with Gasteiger partial charge in [-0.15, -0.1) is 0 Å². The highest BCUT2D eigenvalue weighted by Gasteiger charge is 2.19. The molecule has 0 bridgehead atoms. The largest absolute Gasteiger partial charge is 0.493 e. The van der Waals surface area contributed by atoms with Gasteiger partial charge in [-0.3, -0.25) is 4.79 Å². The summed E-state index contributed by atoms with van der Waals surface area (Å²) in [7, 11) is 1.21. The van der Waals surface area contributed by atoms with Crippen molar-refractivity contribution in [3.8, 4) is 11.8 Å². The monoisotopic (exact) mass is 242 g/mol. The molecule has 0 unspecified atom stereocenters. The van der Waals surface area contributed by atoms with E-state index in [0.717, 1.165) is 6.07 Å². The molecule has 17 heavy (non-hydrogen) atoms. The van der Waals surface area contributed by atoms with E-state index in [9.17, 15) is 13.6 Å². The average Bonchev–Trinajstić information content (AvgIpc) is 2.26. The predicted octanol–water partition coefficient (Wildman–Crippen LogP) is 1.53. The van der Waals surface area contributed by atoms with Crippen molar-refractivity contribution in [1.82, 2.24) is 4.98 Å². The first-order valence-electron chi connectivity index (χ1n) is 4.47. The standard InChI is InChI=1S/C10H8F2N2O3/c1-17-9-5(4-13)2-7(10(11)12)14-6(9)3-8(15)16/h2,10H,3H2,1H3,(H,15,16). The number of nitriles is 1. The molecule has 7 heteroatoms. The van der Waals surface area contributed by atoms with Crippen LogP contribution in [-0.4, -0.2) is 23.2 Å². The number of rotatable bonds is 4. The van der Waals surface area contributed by atoms with E-state index >= 15 is 0 Å². The summed E-state index contributed by atoms with van der Waals surface area (Å²) in [6.45, 7) is 0. The number of methoxy groups -OCH3 is 1. The first-order valence-corrected chi connectivity index (χ1v) is 4.47. The van der Waals surface area contributed by atoms with Gasteiger partial charge in [0, 0.05) is 0 Å². The van der Waals surface area contributed by atoms with Gasteiger partial charge < -0.3 is 9.84 Å². The zero-order valence-electron chi connectivity index (χ0n) is 8.78. The van der Waals surface area contributed by atoms with E-state index in [2.05, 4.69) is 4.98 Å². The molecule has 0 atom stereocenters. The Morgan fingerprint density at radius 1 is 1.71 bits per heavy atom. The second-order valence-electron chi connectivity index (χ2n) is 3.06. The van der Waals surface area contributed by atoms with Gasteiger partial charge in [-0.05, 0) is 6.07 Å². The Kier molecular flexibility index (Phi) is 3.93. The molecule has 5 nitrogen and oxygen atoms in total. The van der Waals surface area contributed by atoms with E-state index in [4.69, 9.17) is 15.1 Å². The third kappa shape index (κ3) is 2.87. The first-order chi connectivity index (χ1) is 7.99. The molecule has 0 spiro atoms. The Morgan fingerprint density at radius 3 is 2.76 bits per heavy atom. The smallest absolute Gasteiger partial charge is 0.309 e. The molecule has 1 aromatic rings. The minimum atomic E-state index is -2.87. The van der Waals surface area contributed by atoms with Gasteiger partial charge in [0.05, 0.1) is 24.8 Å². The molecule has 1 rings (SSSR count). The number of nitrogens with zero attached hydrogens (tertiary/aromatic N) is 2. The molecule has 1 N–H and O–H groups in total. The number of carbonyl (C=O) groups is 1. The van der Waals surface area contributed by atoms with Crippen LogP contribution in [0.3, 0.4) is 0 Å². The van der Waals surface area contributed by atoms with Gasteiger partial charge in [0.1, 0.15) is 11.8 Å². The zero-order valence-corrected chi connectivity index (χ0v) is 8.78. The Morgan fingerprint density at radius 2 is 2.35 bits per heavy atom. The van der Waals surface area contributed by atoms with Gasteiger partial charge >= 0.3 is 5.97 Å². The second-order valence-corrected chi connectivity index (χ2v) is 3.06. The molecule has 0 aliphatic carbocycles. The number of pyridine rings is 1. The summed E-state index contributed by atoms with van der Waals surface area (Å²) in [5.74, 6) is -1.33. The fourth-order valence-electron chi connectivity index (χ4n) is 1.29. The van der Waals surface area contributed by atoms with Crippen molar-refractivity contribution in [3.05, 3.63) is 23.0 Å². The summed E-state index contributed by atoms with van der Waals surface area (Å²) in [6, 6.07) is 2.55. The highest BCUT2D eigenvalue weighted by Crippen LogP contribution is 2.27. The van der Waals surface area contributed by atoms with Crippen molar-refractivity contribution < 1.29 is 23.4 Å². The maximum absolute atomic E-state index is 12.5. The highest BCUT2D eigenvalue weighted by atomic mass is 19.3. The van der Waals surface area contributed by atoms with Crippen molar-refractivity contribution in [2.75, 3.05) is 7.11 Å². The molecule has 1 aromatic heterocycles. The van der Waals surface area contributed by atoms with Crippen LogP contribution in [-0.2, 0) is 11.2 Å². The Labute approximate surface area is 95.3 Å². The highest BCUT2D eigenvalue weighted by molar-refractivity contribution is 5.71. The van der Waals surface area contributed by atoms with Gasteiger partial charge in [-0.2, -0.15) is 5.26 Å². The molecule has 0 aliphatic heterocycles. The van der Waals surface area contributed by atoms with E-state index in [1.165, 1.54) is 7.11 Å². The Bertz CT molecular complexity index is 483. The number of hydrogen-bond acceptors (Lipinski definition) is 4. The Hall–Kier alpha value is -2.23. The summed E-state index contributed by atoms with van der Waals surface area (Å²) in [6.07, 6.45) is -3.46. The third-order valence-electron chi connectivity index (χ3n) is 1.93. The van der Waals surface area contributed by atoms with Gasteiger partial charge in [-0.1, -0.05) is 0 Å². The molecular weight excluding hydrogens is 234 g/mol. The van der Waals surface area contributed by atoms with Gasteiger partial charge in [0.25, 0.3) is 6.43 Å².